The lowest BCUT2D eigenvalue weighted by atomic mass is 10.1. The summed E-state index contributed by atoms with van der Waals surface area (Å²) in [5.74, 6) is 0. The summed E-state index contributed by atoms with van der Waals surface area (Å²) in [5, 5.41) is 1.56. The van der Waals surface area contributed by atoms with Crippen molar-refractivity contribution in [1.82, 2.24) is 4.98 Å². The molecular formula is C10H9BrN2O. The van der Waals surface area contributed by atoms with Crippen LogP contribution in [0.15, 0.2) is 27.6 Å². The number of aryl methyl sites for hydroxylation is 1. The van der Waals surface area contributed by atoms with Gasteiger partial charge in [0.2, 0.25) is 0 Å². The molecule has 0 amide bonds. The van der Waals surface area contributed by atoms with Gasteiger partial charge in [-0.25, -0.2) is 0 Å². The Bertz CT molecular complexity index is 560. The quantitative estimate of drug-likeness (QED) is 0.707. The highest BCUT2D eigenvalue weighted by atomic mass is 79.9. The highest BCUT2D eigenvalue weighted by Gasteiger charge is 2.07. The number of nitrogens with one attached hydrogen (secondary N) is 1. The van der Waals surface area contributed by atoms with E-state index in [0.717, 1.165) is 15.4 Å². The van der Waals surface area contributed by atoms with Crippen molar-refractivity contribution in [3.63, 3.8) is 0 Å². The first-order chi connectivity index (χ1) is 6.61. The number of anilines is 1. The minimum absolute atomic E-state index is 0.0914. The molecule has 2 rings (SSSR count). The fourth-order valence-electron chi connectivity index (χ4n) is 1.49. The number of H-pyrrole nitrogens is 1. The monoisotopic (exact) mass is 252 g/mol. The van der Waals surface area contributed by atoms with Gasteiger partial charge in [0.25, 0.3) is 5.56 Å². The number of rotatable bonds is 0. The van der Waals surface area contributed by atoms with E-state index in [-0.39, 0.29) is 5.56 Å². The number of nitrogens with two attached hydrogens (primary N) is 1. The molecule has 0 saturated carbocycles. The Labute approximate surface area is 89.1 Å². The lowest BCUT2D eigenvalue weighted by molar-refractivity contribution is 1.27. The first-order valence-electron chi connectivity index (χ1n) is 4.17. The van der Waals surface area contributed by atoms with E-state index in [0.29, 0.717) is 11.1 Å². The van der Waals surface area contributed by atoms with Crippen molar-refractivity contribution >= 4 is 32.4 Å². The van der Waals surface area contributed by atoms with Gasteiger partial charge in [-0.3, -0.25) is 4.79 Å². The van der Waals surface area contributed by atoms with Gasteiger partial charge in [0, 0.05) is 21.7 Å². The van der Waals surface area contributed by atoms with Crippen LogP contribution in [0.3, 0.4) is 0 Å². The third-order valence-electron chi connectivity index (χ3n) is 2.34. The molecule has 0 spiro atoms. The van der Waals surface area contributed by atoms with E-state index >= 15 is 0 Å². The first kappa shape index (κ1) is 9.27. The molecule has 0 saturated heterocycles. The largest absolute Gasteiger partial charge is 0.398 e. The van der Waals surface area contributed by atoms with Gasteiger partial charge in [-0.15, -0.1) is 0 Å². The molecule has 0 aliphatic carbocycles. The number of aromatic amines is 1. The van der Waals surface area contributed by atoms with Gasteiger partial charge in [-0.2, -0.15) is 0 Å². The number of hydrogen-bond donors (Lipinski definition) is 2. The molecule has 72 valence electrons. The second kappa shape index (κ2) is 3.13. The van der Waals surface area contributed by atoms with Crippen LogP contribution in [0.2, 0.25) is 0 Å². The molecule has 0 radical (unpaired) electrons. The molecule has 1 aromatic heterocycles. The van der Waals surface area contributed by atoms with Crippen molar-refractivity contribution in [3.8, 4) is 0 Å². The van der Waals surface area contributed by atoms with Gasteiger partial charge in [-0.05, 0) is 45.9 Å². The van der Waals surface area contributed by atoms with E-state index in [9.17, 15) is 4.79 Å². The van der Waals surface area contributed by atoms with Gasteiger partial charge in [0.15, 0.2) is 0 Å². The first-order valence-corrected chi connectivity index (χ1v) is 4.96. The van der Waals surface area contributed by atoms with Crippen LogP contribution in [-0.4, -0.2) is 4.98 Å². The topological polar surface area (TPSA) is 58.9 Å². The molecule has 0 atom stereocenters. The fourth-order valence-corrected chi connectivity index (χ4v) is 2.02. The van der Waals surface area contributed by atoms with E-state index in [4.69, 9.17) is 5.73 Å². The summed E-state index contributed by atoms with van der Waals surface area (Å²) < 4.78 is 0.763. The number of pyridine rings is 1. The molecule has 4 heteroatoms. The number of benzene rings is 1. The van der Waals surface area contributed by atoms with Crippen LogP contribution in [0.25, 0.3) is 10.8 Å². The number of nitrogen functional groups attached to an aromatic ring is 1. The highest BCUT2D eigenvalue weighted by Crippen LogP contribution is 2.28. The van der Waals surface area contributed by atoms with Crippen molar-refractivity contribution in [2.75, 3.05) is 5.73 Å². The predicted molar refractivity (Wildman–Crippen MR) is 61.4 cm³/mol. The average molecular weight is 253 g/mol. The maximum atomic E-state index is 11.5. The summed E-state index contributed by atoms with van der Waals surface area (Å²) >= 11 is 3.32. The van der Waals surface area contributed by atoms with Crippen molar-refractivity contribution in [2.45, 2.75) is 6.92 Å². The number of halogens is 1. The summed E-state index contributed by atoms with van der Waals surface area (Å²) in [6.07, 6.45) is 1.63. The molecule has 0 aliphatic heterocycles. The molecule has 3 N–H and O–H groups in total. The summed E-state index contributed by atoms with van der Waals surface area (Å²) in [5.41, 5.74) is 7.36. The molecule has 2 aromatic rings. The van der Waals surface area contributed by atoms with Crippen molar-refractivity contribution in [2.24, 2.45) is 0 Å². The van der Waals surface area contributed by atoms with Gasteiger partial charge < -0.3 is 10.7 Å². The predicted octanol–water partition coefficient (Wildman–Crippen LogP) is 2.18. The number of hydrogen-bond acceptors (Lipinski definition) is 2. The van der Waals surface area contributed by atoms with Crippen LogP contribution >= 0.6 is 15.9 Å². The van der Waals surface area contributed by atoms with Gasteiger partial charge in [-0.1, -0.05) is 0 Å². The SMILES string of the molecule is Cc1c(N)c(Br)cc2c(=O)[nH]ccc12. The Morgan fingerprint density at radius 3 is 2.86 bits per heavy atom. The smallest absolute Gasteiger partial charge is 0.255 e. The Balaban J connectivity index is 3.06. The van der Waals surface area contributed by atoms with E-state index in [1.807, 2.05) is 13.0 Å². The van der Waals surface area contributed by atoms with E-state index < -0.39 is 0 Å². The summed E-state index contributed by atoms with van der Waals surface area (Å²) in [4.78, 5) is 14.1. The van der Waals surface area contributed by atoms with Crippen molar-refractivity contribution < 1.29 is 0 Å². The lowest BCUT2D eigenvalue weighted by Gasteiger charge is -2.06. The maximum absolute atomic E-state index is 11.5. The summed E-state index contributed by atoms with van der Waals surface area (Å²) in [6.45, 7) is 1.90. The molecule has 3 nitrogen and oxygen atoms in total. The standard InChI is InChI=1S/C10H9BrN2O/c1-5-6-2-3-13-10(14)7(6)4-8(11)9(5)12/h2-4H,12H2,1H3,(H,13,14). The Hall–Kier alpha value is -1.29. The van der Waals surface area contributed by atoms with E-state index in [2.05, 4.69) is 20.9 Å². The van der Waals surface area contributed by atoms with E-state index in [1.54, 1.807) is 12.3 Å². The highest BCUT2D eigenvalue weighted by molar-refractivity contribution is 9.10. The van der Waals surface area contributed by atoms with Crippen LogP contribution in [0.4, 0.5) is 5.69 Å². The van der Waals surface area contributed by atoms with Crippen LogP contribution < -0.4 is 11.3 Å². The Morgan fingerprint density at radius 1 is 1.43 bits per heavy atom. The van der Waals surface area contributed by atoms with Crippen LogP contribution in [-0.2, 0) is 0 Å². The minimum atomic E-state index is -0.0914. The van der Waals surface area contributed by atoms with Crippen molar-refractivity contribution in [3.05, 3.63) is 38.7 Å². The number of fused-ring (bicyclic) bond motifs is 1. The van der Waals surface area contributed by atoms with Crippen molar-refractivity contribution in [1.29, 1.82) is 0 Å². The molecule has 0 fully saturated rings. The third-order valence-corrected chi connectivity index (χ3v) is 2.99. The Morgan fingerprint density at radius 2 is 2.14 bits per heavy atom. The minimum Gasteiger partial charge on any atom is -0.398 e. The maximum Gasteiger partial charge on any atom is 0.255 e. The zero-order chi connectivity index (χ0) is 10.3. The zero-order valence-electron chi connectivity index (χ0n) is 7.60. The second-order valence-electron chi connectivity index (χ2n) is 3.17. The van der Waals surface area contributed by atoms with Gasteiger partial charge in [0.1, 0.15) is 0 Å². The normalized spacial score (nSPS) is 10.7. The van der Waals surface area contributed by atoms with Crippen LogP contribution in [0.1, 0.15) is 5.56 Å². The molecule has 0 bridgehead atoms. The molecule has 14 heavy (non-hydrogen) atoms. The third kappa shape index (κ3) is 1.23. The summed E-state index contributed by atoms with van der Waals surface area (Å²) in [6, 6.07) is 3.60. The lowest BCUT2D eigenvalue weighted by Crippen LogP contribution is -2.06. The second-order valence-corrected chi connectivity index (χ2v) is 4.02. The Kier molecular flexibility index (Phi) is 2.07. The fraction of sp³-hybridized carbons (Fsp3) is 0.100. The average Bonchev–Trinajstić information content (AvgIpc) is 2.17. The van der Waals surface area contributed by atoms with Gasteiger partial charge in [0.05, 0.1) is 0 Å². The van der Waals surface area contributed by atoms with Crippen LogP contribution in [0, 0.1) is 6.92 Å². The summed E-state index contributed by atoms with van der Waals surface area (Å²) in [7, 11) is 0. The number of aromatic nitrogens is 1. The molecular weight excluding hydrogens is 244 g/mol. The molecule has 0 unspecified atom stereocenters. The van der Waals surface area contributed by atoms with Gasteiger partial charge >= 0.3 is 0 Å². The van der Waals surface area contributed by atoms with E-state index in [1.165, 1.54) is 0 Å². The zero-order valence-corrected chi connectivity index (χ0v) is 9.18. The molecule has 1 aromatic carbocycles. The van der Waals surface area contributed by atoms with Crippen LogP contribution in [0.5, 0.6) is 0 Å². The molecule has 0 aliphatic rings. The molecule has 1 heterocycles.